The molecule has 0 atom stereocenters. The second-order valence-corrected chi connectivity index (χ2v) is 6.11. The van der Waals surface area contributed by atoms with Gasteiger partial charge in [0, 0.05) is 10.9 Å². The van der Waals surface area contributed by atoms with Crippen molar-refractivity contribution in [1.82, 2.24) is 4.57 Å². The van der Waals surface area contributed by atoms with Crippen molar-refractivity contribution in [2.45, 2.75) is 26.3 Å². The van der Waals surface area contributed by atoms with Gasteiger partial charge in [-0.15, -0.1) is 0 Å². The Morgan fingerprint density at radius 2 is 1.84 bits per heavy atom. The number of hydrogen-bond acceptors (Lipinski definition) is 1. The maximum atomic E-state index is 5.94. The molecule has 0 amide bonds. The minimum atomic E-state index is 0. The summed E-state index contributed by atoms with van der Waals surface area (Å²) in [6.07, 6.45) is 8.80. The largest absolute Gasteiger partial charge is 1.00 e. The normalized spacial score (nSPS) is 10.8. The molecule has 0 radical (unpaired) electrons. The van der Waals surface area contributed by atoms with Crippen molar-refractivity contribution in [3.8, 4) is 17.0 Å². The molecule has 0 bridgehead atoms. The van der Waals surface area contributed by atoms with Gasteiger partial charge in [0.25, 0.3) is 0 Å². The van der Waals surface area contributed by atoms with Gasteiger partial charge in [-0.3, -0.25) is 0 Å². The molecule has 2 aromatic carbocycles. The number of aryl methyl sites for hydroxylation is 1. The summed E-state index contributed by atoms with van der Waals surface area (Å²) in [5.74, 6) is 0.910. The van der Waals surface area contributed by atoms with Crippen LogP contribution in [0.25, 0.3) is 28.0 Å². The Hall–Kier alpha value is -2.08. The zero-order valence-corrected chi connectivity index (χ0v) is 16.4. The van der Waals surface area contributed by atoms with Gasteiger partial charge in [-0.25, -0.2) is 9.13 Å². The molecule has 0 saturated carbocycles. The number of hydrogen-bond donors (Lipinski definition) is 0. The lowest BCUT2D eigenvalue weighted by atomic mass is 10.1. The van der Waals surface area contributed by atoms with E-state index in [1.807, 2.05) is 18.2 Å². The first-order valence-electron chi connectivity index (χ1n) is 8.50. The van der Waals surface area contributed by atoms with Crippen LogP contribution in [-0.2, 0) is 6.54 Å². The lowest BCUT2D eigenvalue weighted by Crippen LogP contribution is -3.00. The third-order valence-electron chi connectivity index (χ3n) is 4.34. The summed E-state index contributed by atoms with van der Waals surface area (Å²) in [6.45, 7) is 3.29. The third-order valence-corrected chi connectivity index (χ3v) is 4.34. The molecule has 0 spiro atoms. The summed E-state index contributed by atoms with van der Waals surface area (Å²) >= 11 is 0. The molecule has 4 heteroatoms. The highest BCUT2D eigenvalue weighted by Gasteiger charge is 2.09. The van der Waals surface area contributed by atoms with Crippen molar-refractivity contribution in [3.05, 3.63) is 73.3 Å². The number of nitrogens with zero attached hydrogens (tertiary/aromatic N) is 2. The van der Waals surface area contributed by atoms with Crippen molar-refractivity contribution >= 4 is 11.0 Å². The van der Waals surface area contributed by atoms with Crippen molar-refractivity contribution in [1.29, 1.82) is 0 Å². The standard InChI is InChI=1S/C21H21N2O.HI/c1-2-3-12-22-13-14-23(16-22)19-10-8-17(9-11-19)21-15-18-6-4-5-7-20(18)24-21;/h4-11,13-16H,2-3,12H2,1H3;1H/q+1;/p-1. The highest BCUT2D eigenvalue weighted by Crippen LogP contribution is 2.28. The SMILES string of the molecule is CCCC[n+]1ccn(-c2ccc(-c3cc4ccccc4o3)cc2)c1.[I-]. The molecule has 2 heterocycles. The Bertz CT molecular complexity index is 920. The summed E-state index contributed by atoms with van der Waals surface area (Å²) < 4.78 is 10.3. The van der Waals surface area contributed by atoms with Crippen molar-refractivity contribution in [3.63, 3.8) is 0 Å². The second-order valence-electron chi connectivity index (χ2n) is 6.11. The van der Waals surface area contributed by atoms with Crippen LogP contribution in [0.15, 0.2) is 77.7 Å². The van der Waals surface area contributed by atoms with Gasteiger partial charge >= 0.3 is 0 Å². The Morgan fingerprint density at radius 3 is 2.60 bits per heavy atom. The number of furan rings is 1. The Balaban J connectivity index is 0.00000182. The monoisotopic (exact) mass is 444 g/mol. The average Bonchev–Trinajstić information content (AvgIpc) is 3.27. The topological polar surface area (TPSA) is 21.9 Å². The predicted molar refractivity (Wildman–Crippen MR) is 96.1 cm³/mol. The van der Waals surface area contributed by atoms with Crippen LogP contribution in [0.5, 0.6) is 0 Å². The first-order valence-corrected chi connectivity index (χ1v) is 8.50. The van der Waals surface area contributed by atoms with E-state index in [0.29, 0.717) is 0 Å². The molecule has 0 fully saturated rings. The fraction of sp³-hybridized carbons (Fsp3) is 0.190. The van der Waals surface area contributed by atoms with Gasteiger partial charge in [-0.1, -0.05) is 31.5 Å². The van der Waals surface area contributed by atoms with Crippen LogP contribution in [0, 0.1) is 0 Å². The van der Waals surface area contributed by atoms with Crippen molar-refractivity contribution in [2.24, 2.45) is 0 Å². The Labute approximate surface area is 164 Å². The van der Waals surface area contributed by atoms with Gasteiger partial charge in [-0.05, 0) is 42.8 Å². The molecular weight excluding hydrogens is 423 g/mol. The Kier molecular flexibility index (Phi) is 5.58. The van der Waals surface area contributed by atoms with Gasteiger partial charge < -0.3 is 28.4 Å². The molecule has 0 aliphatic heterocycles. The van der Waals surface area contributed by atoms with Gasteiger partial charge in [-0.2, -0.15) is 0 Å². The van der Waals surface area contributed by atoms with Crippen LogP contribution in [0.2, 0.25) is 0 Å². The molecule has 0 saturated heterocycles. The van der Waals surface area contributed by atoms with E-state index in [1.54, 1.807) is 0 Å². The first kappa shape index (κ1) is 17.7. The van der Waals surface area contributed by atoms with Crippen LogP contribution in [-0.4, -0.2) is 4.57 Å². The highest BCUT2D eigenvalue weighted by atomic mass is 127. The minimum absolute atomic E-state index is 0. The molecular formula is C21H21IN2O. The van der Waals surface area contributed by atoms with Gasteiger partial charge in [0.15, 0.2) is 0 Å². The number of unbranched alkanes of at least 4 members (excludes halogenated alkanes) is 1. The number of fused-ring (bicyclic) bond motifs is 1. The van der Waals surface area contributed by atoms with Crippen LogP contribution < -0.4 is 28.5 Å². The van der Waals surface area contributed by atoms with E-state index in [0.717, 1.165) is 34.5 Å². The van der Waals surface area contributed by atoms with Crippen LogP contribution >= 0.6 is 0 Å². The van der Waals surface area contributed by atoms with Crippen LogP contribution in [0.1, 0.15) is 19.8 Å². The molecule has 2 aromatic heterocycles. The molecule has 0 aliphatic rings. The van der Waals surface area contributed by atoms with Gasteiger partial charge in [0.2, 0.25) is 6.33 Å². The molecule has 4 rings (SSSR count). The molecule has 4 aromatic rings. The Morgan fingerprint density at radius 1 is 1.04 bits per heavy atom. The number of imidazole rings is 1. The fourth-order valence-corrected chi connectivity index (χ4v) is 2.94. The third kappa shape index (κ3) is 3.79. The van der Waals surface area contributed by atoms with E-state index in [4.69, 9.17) is 4.42 Å². The van der Waals surface area contributed by atoms with Gasteiger partial charge in [0.1, 0.15) is 29.4 Å². The van der Waals surface area contributed by atoms with E-state index in [2.05, 4.69) is 71.2 Å². The summed E-state index contributed by atoms with van der Waals surface area (Å²) in [7, 11) is 0. The number of benzene rings is 2. The quantitative estimate of drug-likeness (QED) is 0.341. The van der Waals surface area contributed by atoms with E-state index >= 15 is 0 Å². The summed E-state index contributed by atoms with van der Waals surface area (Å²) in [5.41, 5.74) is 3.19. The van der Waals surface area contributed by atoms with E-state index in [9.17, 15) is 0 Å². The summed E-state index contributed by atoms with van der Waals surface area (Å²) in [4.78, 5) is 0. The van der Waals surface area contributed by atoms with E-state index < -0.39 is 0 Å². The summed E-state index contributed by atoms with van der Waals surface area (Å²) in [5, 5.41) is 1.14. The van der Waals surface area contributed by atoms with Gasteiger partial charge in [0.05, 0.1) is 6.54 Å². The van der Waals surface area contributed by atoms with Crippen molar-refractivity contribution < 1.29 is 33.0 Å². The fourth-order valence-electron chi connectivity index (χ4n) is 2.94. The maximum absolute atomic E-state index is 5.94. The number of aromatic nitrogens is 2. The smallest absolute Gasteiger partial charge is 0.248 e. The first-order chi connectivity index (χ1) is 11.8. The van der Waals surface area contributed by atoms with E-state index in [1.165, 1.54) is 12.8 Å². The number of halogens is 1. The molecule has 0 N–H and O–H groups in total. The highest BCUT2D eigenvalue weighted by molar-refractivity contribution is 5.82. The lowest BCUT2D eigenvalue weighted by molar-refractivity contribution is -0.696. The second kappa shape index (κ2) is 7.87. The minimum Gasteiger partial charge on any atom is -1.00 e. The number of rotatable bonds is 5. The molecule has 128 valence electrons. The average molecular weight is 444 g/mol. The zero-order valence-electron chi connectivity index (χ0n) is 14.2. The summed E-state index contributed by atoms with van der Waals surface area (Å²) in [6, 6.07) is 18.7. The van der Waals surface area contributed by atoms with Crippen LogP contribution in [0.3, 0.4) is 0 Å². The van der Waals surface area contributed by atoms with Crippen LogP contribution in [0.4, 0.5) is 0 Å². The van der Waals surface area contributed by atoms with E-state index in [-0.39, 0.29) is 24.0 Å². The number of para-hydroxylation sites is 1. The predicted octanol–water partition coefficient (Wildman–Crippen LogP) is 1.98. The molecule has 25 heavy (non-hydrogen) atoms. The molecule has 0 unspecified atom stereocenters. The van der Waals surface area contributed by atoms with Crippen molar-refractivity contribution in [2.75, 3.05) is 0 Å². The molecule has 0 aliphatic carbocycles. The zero-order chi connectivity index (χ0) is 16.4. The molecule has 3 nitrogen and oxygen atoms in total. The lowest BCUT2D eigenvalue weighted by Gasteiger charge is -1.99. The maximum Gasteiger partial charge on any atom is 0.248 e.